The zero-order valence-corrected chi connectivity index (χ0v) is 12.4. The van der Waals surface area contributed by atoms with E-state index in [2.05, 4.69) is 10.2 Å². The predicted molar refractivity (Wildman–Crippen MR) is 76.4 cm³/mol. The van der Waals surface area contributed by atoms with Gasteiger partial charge in [0.15, 0.2) is 17.1 Å². The third kappa shape index (κ3) is 3.94. The average Bonchev–Trinajstić information content (AvgIpc) is 2.80. The highest BCUT2D eigenvalue weighted by atomic mass is 32.2. The molecule has 1 atom stereocenters. The van der Waals surface area contributed by atoms with Crippen LogP contribution in [0.3, 0.4) is 0 Å². The lowest BCUT2D eigenvalue weighted by atomic mass is 10.3. The minimum atomic E-state index is -0.417. The van der Waals surface area contributed by atoms with Crippen LogP contribution in [0, 0.1) is 5.82 Å². The van der Waals surface area contributed by atoms with E-state index in [0.717, 1.165) is 0 Å². The summed E-state index contributed by atoms with van der Waals surface area (Å²) in [5.74, 6) is 0.544. The predicted octanol–water partition coefficient (Wildman–Crippen LogP) is 1.67. The maximum absolute atomic E-state index is 12.8. The molecule has 0 aliphatic rings. The fraction of sp³-hybridized carbons (Fsp3) is 0.308. The van der Waals surface area contributed by atoms with Crippen LogP contribution in [0.25, 0.3) is 0 Å². The van der Waals surface area contributed by atoms with E-state index in [1.54, 1.807) is 23.7 Å². The molecular weight excluding hydrogens is 295 g/mol. The van der Waals surface area contributed by atoms with Gasteiger partial charge in [0.25, 0.3) is 0 Å². The number of benzene rings is 1. The highest BCUT2D eigenvalue weighted by molar-refractivity contribution is 7.99. The van der Waals surface area contributed by atoms with Crippen molar-refractivity contribution >= 4 is 17.7 Å². The van der Waals surface area contributed by atoms with E-state index in [0.29, 0.717) is 16.7 Å². The van der Waals surface area contributed by atoms with Crippen LogP contribution in [0.2, 0.25) is 0 Å². The van der Waals surface area contributed by atoms with Crippen molar-refractivity contribution < 1.29 is 13.9 Å². The molecule has 0 unspecified atom stereocenters. The number of ether oxygens (including phenoxy) is 1. The molecule has 112 valence electrons. The third-order valence-corrected chi connectivity index (χ3v) is 3.74. The minimum Gasteiger partial charge on any atom is -0.483 e. The quantitative estimate of drug-likeness (QED) is 0.821. The summed E-state index contributed by atoms with van der Waals surface area (Å²) in [6.45, 7) is 1.82. The molecule has 0 radical (unpaired) electrons. The monoisotopic (exact) mass is 310 g/mol. The zero-order chi connectivity index (χ0) is 15.4. The maximum Gasteiger partial charge on any atom is 0.227 e. The highest BCUT2D eigenvalue weighted by Crippen LogP contribution is 2.23. The number of nitrogens with two attached hydrogens (primary N) is 1. The number of rotatable bonds is 6. The molecule has 2 aromatic rings. The van der Waals surface area contributed by atoms with E-state index in [9.17, 15) is 9.18 Å². The molecule has 1 aromatic heterocycles. The molecule has 21 heavy (non-hydrogen) atoms. The van der Waals surface area contributed by atoms with Gasteiger partial charge in [-0.25, -0.2) is 4.39 Å². The van der Waals surface area contributed by atoms with Crippen LogP contribution in [-0.4, -0.2) is 26.4 Å². The first-order chi connectivity index (χ1) is 9.97. The Morgan fingerprint density at radius 2 is 2.10 bits per heavy atom. The fourth-order valence-electron chi connectivity index (χ4n) is 1.71. The van der Waals surface area contributed by atoms with Crippen LogP contribution in [0.15, 0.2) is 29.4 Å². The molecule has 1 amide bonds. The van der Waals surface area contributed by atoms with Gasteiger partial charge in [-0.15, -0.1) is 10.2 Å². The van der Waals surface area contributed by atoms with Crippen molar-refractivity contribution in [2.45, 2.75) is 18.2 Å². The number of halogens is 1. The van der Waals surface area contributed by atoms with Gasteiger partial charge in [-0.2, -0.15) is 0 Å². The van der Waals surface area contributed by atoms with E-state index in [1.807, 2.05) is 6.92 Å². The number of amides is 1. The van der Waals surface area contributed by atoms with Gasteiger partial charge in [0.2, 0.25) is 5.91 Å². The summed E-state index contributed by atoms with van der Waals surface area (Å²) in [7, 11) is 1.78. The second-order valence-corrected chi connectivity index (χ2v) is 5.31. The lowest BCUT2D eigenvalue weighted by Crippen LogP contribution is -2.14. The number of carbonyl (C=O) groups is 1. The molecule has 0 aliphatic carbocycles. The molecule has 6 nitrogen and oxygen atoms in total. The summed E-state index contributed by atoms with van der Waals surface area (Å²) in [4.78, 5) is 10.8. The second kappa shape index (κ2) is 6.57. The number of hydrogen-bond donors (Lipinski definition) is 1. The Morgan fingerprint density at radius 3 is 2.71 bits per heavy atom. The molecule has 0 spiro atoms. The normalized spacial score (nSPS) is 12.1. The molecule has 0 saturated heterocycles. The third-order valence-electron chi connectivity index (χ3n) is 2.70. The first-order valence-electron chi connectivity index (χ1n) is 6.20. The summed E-state index contributed by atoms with van der Waals surface area (Å²) in [5, 5.41) is 8.62. The Bertz CT molecular complexity index is 630. The molecule has 0 saturated carbocycles. The largest absolute Gasteiger partial charge is 0.483 e. The zero-order valence-electron chi connectivity index (χ0n) is 11.6. The molecule has 0 aliphatic heterocycles. The number of thioether (sulfide) groups is 1. The van der Waals surface area contributed by atoms with Gasteiger partial charge in [-0.1, -0.05) is 11.8 Å². The minimum absolute atomic E-state index is 0.138. The molecule has 2 N–H and O–H groups in total. The van der Waals surface area contributed by atoms with Crippen LogP contribution in [0.5, 0.6) is 5.75 Å². The van der Waals surface area contributed by atoms with Crippen LogP contribution in [0.1, 0.15) is 18.9 Å². The van der Waals surface area contributed by atoms with Crippen molar-refractivity contribution in [1.29, 1.82) is 0 Å². The number of carbonyl (C=O) groups excluding carboxylic acids is 1. The molecule has 0 fully saturated rings. The molecule has 2 rings (SSSR count). The Balaban J connectivity index is 2.07. The summed E-state index contributed by atoms with van der Waals surface area (Å²) in [6, 6.07) is 5.75. The van der Waals surface area contributed by atoms with Gasteiger partial charge in [0.1, 0.15) is 11.6 Å². The van der Waals surface area contributed by atoms with Crippen molar-refractivity contribution in [3.63, 3.8) is 0 Å². The molecule has 8 heteroatoms. The molecule has 1 aromatic carbocycles. The van der Waals surface area contributed by atoms with Crippen molar-refractivity contribution in [3.05, 3.63) is 35.9 Å². The highest BCUT2D eigenvalue weighted by Gasteiger charge is 2.17. The van der Waals surface area contributed by atoms with Gasteiger partial charge in [0, 0.05) is 7.05 Å². The van der Waals surface area contributed by atoms with E-state index in [-0.39, 0.29) is 17.7 Å². The lowest BCUT2D eigenvalue weighted by Gasteiger charge is -2.14. The molecule has 1 heterocycles. The SMILES string of the molecule is C[C@H](Oc1ccc(F)cc1)c1nnc(SCC(N)=O)n1C. The smallest absolute Gasteiger partial charge is 0.227 e. The maximum atomic E-state index is 12.8. The lowest BCUT2D eigenvalue weighted by molar-refractivity contribution is -0.115. The molecule has 0 bridgehead atoms. The van der Waals surface area contributed by atoms with E-state index < -0.39 is 5.91 Å². The van der Waals surface area contributed by atoms with Gasteiger partial charge in [-0.05, 0) is 31.2 Å². The van der Waals surface area contributed by atoms with Crippen molar-refractivity contribution in [2.24, 2.45) is 12.8 Å². The van der Waals surface area contributed by atoms with Crippen LogP contribution >= 0.6 is 11.8 Å². The number of aromatic nitrogens is 3. The number of primary amides is 1. The Hall–Kier alpha value is -2.09. The van der Waals surface area contributed by atoms with Crippen molar-refractivity contribution in [1.82, 2.24) is 14.8 Å². The summed E-state index contributed by atoms with van der Waals surface area (Å²) in [5.41, 5.74) is 5.10. The summed E-state index contributed by atoms with van der Waals surface area (Å²) >= 11 is 1.21. The Morgan fingerprint density at radius 1 is 1.43 bits per heavy atom. The van der Waals surface area contributed by atoms with Gasteiger partial charge >= 0.3 is 0 Å². The Labute approximate surface area is 125 Å². The first kappa shape index (κ1) is 15.3. The van der Waals surface area contributed by atoms with Crippen LogP contribution in [0.4, 0.5) is 4.39 Å². The van der Waals surface area contributed by atoms with Gasteiger partial charge in [-0.3, -0.25) is 4.79 Å². The summed E-state index contributed by atoms with van der Waals surface area (Å²) in [6.07, 6.45) is -0.365. The molecular formula is C13H15FN4O2S. The first-order valence-corrected chi connectivity index (χ1v) is 7.18. The topological polar surface area (TPSA) is 83.0 Å². The summed E-state index contributed by atoms with van der Waals surface area (Å²) < 4.78 is 20.3. The average molecular weight is 310 g/mol. The number of nitrogens with zero attached hydrogens (tertiary/aromatic N) is 3. The standard InChI is InChI=1S/C13H15FN4O2S/c1-8(20-10-5-3-9(14)4-6-10)12-16-17-13(18(12)2)21-7-11(15)19/h3-6,8H,7H2,1-2H3,(H2,15,19)/t8-/m0/s1. The number of hydrogen-bond acceptors (Lipinski definition) is 5. The van der Waals surface area contributed by atoms with Crippen molar-refractivity contribution in [3.8, 4) is 5.75 Å². The Kier molecular flexibility index (Phi) is 4.79. The van der Waals surface area contributed by atoms with E-state index in [1.165, 1.54) is 23.9 Å². The van der Waals surface area contributed by atoms with Crippen molar-refractivity contribution in [2.75, 3.05) is 5.75 Å². The van der Waals surface area contributed by atoms with E-state index in [4.69, 9.17) is 10.5 Å². The van der Waals surface area contributed by atoms with Gasteiger partial charge in [0.05, 0.1) is 5.75 Å². The van der Waals surface area contributed by atoms with Crippen LogP contribution in [-0.2, 0) is 11.8 Å². The second-order valence-electron chi connectivity index (χ2n) is 4.37. The van der Waals surface area contributed by atoms with Crippen LogP contribution < -0.4 is 10.5 Å². The fourth-order valence-corrected chi connectivity index (χ4v) is 2.37. The van der Waals surface area contributed by atoms with E-state index >= 15 is 0 Å². The van der Waals surface area contributed by atoms with Gasteiger partial charge < -0.3 is 15.0 Å².